The molecule has 50 heavy (non-hydrogen) atoms. The van der Waals surface area contributed by atoms with Crippen LogP contribution in [0, 0.1) is 5.92 Å². The highest BCUT2D eigenvalue weighted by Crippen LogP contribution is 2.16. The maximum Gasteiger partial charge on any atom is 0.408 e. The number of benzene rings is 3. The average molecular weight is 702 g/mol. The van der Waals surface area contributed by atoms with Crippen LogP contribution >= 0.6 is 11.8 Å². The Morgan fingerprint density at radius 2 is 1.34 bits per heavy atom. The van der Waals surface area contributed by atoms with E-state index < -0.39 is 42.0 Å². The van der Waals surface area contributed by atoms with Crippen LogP contribution in [0.25, 0.3) is 0 Å². The molecule has 3 rings (SSSR count). The lowest BCUT2D eigenvalue weighted by molar-refractivity contribution is -0.147. The van der Waals surface area contributed by atoms with Crippen LogP contribution in [0.5, 0.6) is 0 Å². The summed E-state index contributed by atoms with van der Waals surface area (Å²) in [5, 5.41) is 18.2. The van der Waals surface area contributed by atoms with Gasteiger partial charge < -0.3 is 30.5 Å². The van der Waals surface area contributed by atoms with E-state index in [0.29, 0.717) is 17.9 Å². The van der Waals surface area contributed by atoms with Gasteiger partial charge in [0.05, 0.1) is 24.6 Å². The number of carbonyl (C=O) groups excluding carboxylic acids is 4. The SMILES string of the molecule is C=CCC(CC(=O)NC(CO)Cc1ccccc1)C(=O)NC(COC(=O)C(CC=C)NC(=O)OCc1ccccc1)CSCc1ccccc1. The number of amides is 3. The standard InChI is InChI=1S/C39H47N3O7S/c1-3-14-32(23-36(44)40-33(24-43)22-29-16-8-5-9-17-29)37(45)41-34(28-50-27-31-20-12-7-13-21-31)26-48-38(46)35(15-4-2)42-39(47)49-25-30-18-10-6-11-19-30/h3-13,16-21,32-35,43H,1-2,14-15,22-28H2,(H,40,44)(H,41,45)(H,42,47). The molecule has 0 aliphatic heterocycles. The summed E-state index contributed by atoms with van der Waals surface area (Å²) in [5.74, 6) is -1.14. The molecular formula is C39H47N3O7S. The molecule has 4 unspecified atom stereocenters. The van der Waals surface area contributed by atoms with Crippen molar-refractivity contribution in [1.29, 1.82) is 0 Å². The second kappa shape index (κ2) is 22.7. The van der Waals surface area contributed by atoms with Gasteiger partial charge in [-0.15, -0.1) is 13.2 Å². The molecule has 266 valence electrons. The predicted molar refractivity (Wildman–Crippen MR) is 196 cm³/mol. The van der Waals surface area contributed by atoms with Crippen molar-refractivity contribution >= 4 is 35.6 Å². The summed E-state index contributed by atoms with van der Waals surface area (Å²) in [4.78, 5) is 52.2. The highest BCUT2D eigenvalue weighted by Gasteiger charge is 2.27. The van der Waals surface area contributed by atoms with Gasteiger partial charge in [-0.2, -0.15) is 11.8 Å². The molecule has 0 fully saturated rings. The fraction of sp³-hybridized carbons (Fsp3) is 0.333. The Hall–Kier alpha value is -4.87. The van der Waals surface area contributed by atoms with Crippen molar-refractivity contribution in [3.63, 3.8) is 0 Å². The summed E-state index contributed by atoms with van der Waals surface area (Å²) in [6.07, 6.45) is 2.95. The minimum atomic E-state index is -1.04. The predicted octanol–water partition coefficient (Wildman–Crippen LogP) is 5.12. The van der Waals surface area contributed by atoms with Crippen LogP contribution in [0.3, 0.4) is 0 Å². The summed E-state index contributed by atoms with van der Waals surface area (Å²) in [7, 11) is 0. The Kier molecular flexibility index (Phi) is 18.0. The number of alkyl carbamates (subject to hydrolysis) is 1. The van der Waals surface area contributed by atoms with Gasteiger partial charge in [-0.05, 0) is 36.0 Å². The van der Waals surface area contributed by atoms with Gasteiger partial charge in [0.1, 0.15) is 19.3 Å². The molecule has 4 N–H and O–H groups in total. The van der Waals surface area contributed by atoms with E-state index in [9.17, 15) is 24.3 Å². The largest absolute Gasteiger partial charge is 0.462 e. The van der Waals surface area contributed by atoms with E-state index in [1.54, 1.807) is 17.8 Å². The van der Waals surface area contributed by atoms with E-state index in [1.807, 2.05) is 91.0 Å². The molecular weight excluding hydrogens is 655 g/mol. The monoisotopic (exact) mass is 701 g/mol. The van der Waals surface area contributed by atoms with Crippen molar-refractivity contribution < 1.29 is 33.8 Å². The van der Waals surface area contributed by atoms with Crippen LogP contribution in [-0.2, 0) is 42.6 Å². The second-order valence-corrected chi connectivity index (χ2v) is 12.7. The van der Waals surface area contributed by atoms with Crippen molar-refractivity contribution in [3.8, 4) is 0 Å². The Labute approximate surface area is 298 Å². The zero-order chi connectivity index (χ0) is 36.0. The summed E-state index contributed by atoms with van der Waals surface area (Å²) in [6.45, 7) is 7.05. The average Bonchev–Trinajstić information content (AvgIpc) is 3.13. The van der Waals surface area contributed by atoms with Crippen LogP contribution in [0.4, 0.5) is 4.79 Å². The van der Waals surface area contributed by atoms with E-state index >= 15 is 0 Å². The first-order valence-corrected chi connectivity index (χ1v) is 17.7. The lowest BCUT2D eigenvalue weighted by Crippen LogP contribution is -2.47. The highest BCUT2D eigenvalue weighted by molar-refractivity contribution is 7.98. The van der Waals surface area contributed by atoms with Gasteiger partial charge in [0, 0.05) is 17.9 Å². The van der Waals surface area contributed by atoms with Crippen molar-refractivity contribution in [3.05, 3.63) is 133 Å². The normalized spacial score (nSPS) is 13.1. The fourth-order valence-electron chi connectivity index (χ4n) is 4.97. The lowest BCUT2D eigenvalue weighted by Gasteiger charge is -2.24. The van der Waals surface area contributed by atoms with Crippen molar-refractivity contribution in [2.75, 3.05) is 19.0 Å². The number of thioether (sulfide) groups is 1. The van der Waals surface area contributed by atoms with Gasteiger partial charge in [0.25, 0.3) is 0 Å². The molecule has 0 saturated carbocycles. The molecule has 0 heterocycles. The van der Waals surface area contributed by atoms with Crippen LogP contribution in [0.15, 0.2) is 116 Å². The molecule has 4 atom stereocenters. The van der Waals surface area contributed by atoms with Crippen molar-refractivity contribution in [2.24, 2.45) is 5.92 Å². The van der Waals surface area contributed by atoms with Crippen molar-refractivity contribution in [1.82, 2.24) is 16.0 Å². The van der Waals surface area contributed by atoms with Crippen molar-refractivity contribution in [2.45, 2.75) is 56.2 Å². The van der Waals surface area contributed by atoms with Gasteiger partial charge in [-0.25, -0.2) is 9.59 Å². The number of hydrogen-bond acceptors (Lipinski definition) is 8. The van der Waals surface area contributed by atoms with Gasteiger partial charge in [-0.1, -0.05) is 103 Å². The topological polar surface area (TPSA) is 143 Å². The van der Waals surface area contributed by atoms with Gasteiger partial charge in [0.15, 0.2) is 0 Å². The third-order valence-corrected chi connectivity index (χ3v) is 8.74. The number of ether oxygens (including phenoxy) is 2. The molecule has 10 nitrogen and oxygen atoms in total. The minimum Gasteiger partial charge on any atom is -0.462 e. The summed E-state index contributed by atoms with van der Waals surface area (Å²) in [6, 6.07) is 26.3. The summed E-state index contributed by atoms with van der Waals surface area (Å²) >= 11 is 1.55. The van der Waals surface area contributed by atoms with E-state index in [-0.39, 0.29) is 45.0 Å². The van der Waals surface area contributed by atoms with Gasteiger partial charge >= 0.3 is 12.1 Å². The Bertz CT molecular complexity index is 1490. The quantitative estimate of drug-likeness (QED) is 0.0836. The molecule has 0 radical (unpaired) electrons. The first kappa shape index (κ1) is 39.6. The van der Waals surface area contributed by atoms with E-state index in [0.717, 1.165) is 16.7 Å². The highest BCUT2D eigenvalue weighted by atomic mass is 32.2. The first-order chi connectivity index (χ1) is 24.3. The molecule has 0 aromatic heterocycles. The van der Waals surface area contributed by atoms with Gasteiger partial charge in [0.2, 0.25) is 11.8 Å². The Balaban J connectivity index is 1.61. The summed E-state index contributed by atoms with van der Waals surface area (Å²) in [5.41, 5.74) is 2.86. The van der Waals surface area contributed by atoms with Gasteiger partial charge in [-0.3, -0.25) is 9.59 Å². The van der Waals surface area contributed by atoms with E-state index in [4.69, 9.17) is 9.47 Å². The maximum atomic E-state index is 13.5. The Morgan fingerprint density at radius 1 is 0.740 bits per heavy atom. The van der Waals surface area contributed by atoms with E-state index in [1.165, 1.54) is 6.08 Å². The molecule has 0 aliphatic carbocycles. The molecule has 0 saturated heterocycles. The number of carbonyl (C=O) groups is 4. The minimum absolute atomic E-state index is 0.0346. The zero-order valence-corrected chi connectivity index (χ0v) is 29.0. The number of aliphatic hydroxyl groups excluding tert-OH is 1. The Morgan fingerprint density at radius 3 is 1.94 bits per heavy atom. The summed E-state index contributed by atoms with van der Waals surface area (Å²) < 4.78 is 10.9. The van der Waals surface area contributed by atoms with E-state index in [2.05, 4.69) is 29.1 Å². The van der Waals surface area contributed by atoms with Crippen LogP contribution in [0.2, 0.25) is 0 Å². The number of esters is 1. The van der Waals surface area contributed by atoms with Crippen LogP contribution in [0.1, 0.15) is 36.0 Å². The molecule has 0 spiro atoms. The number of hydrogen-bond donors (Lipinski definition) is 4. The second-order valence-electron chi connectivity index (χ2n) is 11.7. The maximum absolute atomic E-state index is 13.5. The number of aliphatic hydroxyl groups is 1. The lowest BCUT2D eigenvalue weighted by atomic mass is 9.98. The zero-order valence-electron chi connectivity index (χ0n) is 28.2. The molecule has 11 heteroatoms. The van der Waals surface area contributed by atoms with Crippen LogP contribution < -0.4 is 16.0 Å². The molecule has 3 aromatic rings. The molecule has 3 amide bonds. The smallest absolute Gasteiger partial charge is 0.408 e. The molecule has 0 aliphatic rings. The number of allylic oxidation sites excluding steroid dienone is 1. The number of rotatable bonds is 22. The first-order valence-electron chi connectivity index (χ1n) is 16.5. The van der Waals surface area contributed by atoms with Crippen LogP contribution in [-0.4, -0.2) is 66.1 Å². The third kappa shape index (κ3) is 15.1. The molecule has 0 bridgehead atoms. The third-order valence-electron chi connectivity index (χ3n) is 7.56. The molecule has 3 aromatic carbocycles. The number of nitrogens with one attached hydrogen (secondary N) is 3. The fourth-order valence-corrected chi connectivity index (χ4v) is 5.98.